The van der Waals surface area contributed by atoms with Crippen LogP contribution in [0.25, 0.3) is 5.70 Å². The molecule has 0 aromatic heterocycles. The Hall–Kier alpha value is -1.49. The third-order valence-electron chi connectivity index (χ3n) is 4.26. The lowest BCUT2D eigenvalue weighted by Crippen LogP contribution is -2.26. The molecule has 1 aliphatic rings. The number of benzene rings is 1. The Morgan fingerprint density at radius 2 is 1.86 bits per heavy atom. The lowest BCUT2D eigenvalue weighted by Gasteiger charge is -2.24. The highest BCUT2D eigenvalue weighted by Crippen LogP contribution is 2.36. The van der Waals surface area contributed by atoms with Crippen molar-refractivity contribution >= 4 is 5.70 Å². The second kappa shape index (κ2) is 7.18. The fourth-order valence-corrected chi connectivity index (χ4v) is 3.10. The minimum Gasteiger partial charge on any atom is -0.314 e. The molecule has 2 N–H and O–H groups in total. The minimum atomic E-state index is -4.38. The van der Waals surface area contributed by atoms with E-state index >= 15 is 0 Å². The van der Waals surface area contributed by atoms with Crippen LogP contribution >= 0.6 is 0 Å². The van der Waals surface area contributed by atoms with Gasteiger partial charge < -0.3 is 5.01 Å². The highest BCUT2D eigenvalue weighted by atomic mass is 19.4. The molecule has 0 heterocycles. The van der Waals surface area contributed by atoms with Gasteiger partial charge in [-0.2, -0.15) is 13.2 Å². The quantitative estimate of drug-likeness (QED) is 0.638. The van der Waals surface area contributed by atoms with Crippen molar-refractivity contribution in [2.24, 2.45) is 11.8 Å². The summed E-state index contributed by atoms with van der Waals surface area (Å²) in [5, 5.41) is 1.29. The highest BCUT2D eigenvalue weighted by molar-refractivity contribution is 5.67. The van der Waals surface area contributed by atoms with Crippen LogP contribution in [-0.4, -0.2) is 12.1 Å². The molecule has 0 atom stereocenters. The summed E-state index contributed by atoms with van der Waals surface area (Å²) in [5.41, 5.74) is -0.0449. The van der Waals surface area contributed by atoms with Crippen molar-refractivity contribution < 1.29 is 13.2 Å². The molecule has 0 amide bonds. The van der Waals surface area contributed by atoms with Gasteiger partial charge in [-0.15, -0.1) is 0 Å². The molecule has 0 unspecified atom stereocenters. The van der Waals surface area contributed by atoms with Crippen LogP contribution in [0.1, 0.15) is 49.7 Å². The predicted molar refractivity (Wildman–Crippen MR) is 82.6 cm³/mol. The van der Waals surface area contributed by atoms with Crippen molar-refractivity contribution in [3.63, 3.8) is 0 Å². The Bertz CT molecular complexity index is 515. The first-order chi connectivity index (χ1) is 10.4. The SMILES string of the molecule is CN(N)/C(=C\CC1CCCCC1)c1ccccc1C(F)(F)F. The molecule has 2 rings (SSSR count). The standard InChI is InChI=1S/C17H23F3N2/c1-22(21)16(12-11-13-7-3-2-4-8-13)14-9-5-6-10-15(14)17(18,19)20/h5-6,9-10,12-13H,2-4,7-8,11,21H2,1H3/b16-12-. The monoisotopic (exact) mass is 312 g/mol. The van der Waals surface area contributed by atoms with Crippen LogP contribution in [0.15, 0.2) is 30.3 Å². The van der Waals surface area contributed by atoms with E-state index in [2.05, 4.69) is 0 Å². The van der Waals surface area contributed by atoms with Crippen molar-refractivity contribution in [1.82, 2.24) is 5.01 Å². The molecule has 5 heteroatoms. The van der Waals surface area contributed by atoms with Crippen LogP contribution in [0.3, 0.4) is 0 Å². The Morgan fingerprint density at radius 3 is 2.45 bits per heavy atom. The average molecular weight is 312 g/mol. The Labute approximate surface area is 129 Å². The number of nitrogens with two attached hydrogens (primary N) is 1. The van der Waals surface area contributed by atoms with Crippen molar-refractivity contribution in [1.29, 1.82) is 0 Å². The predicted octanol–water partition coefficient (Wildman–Crippen LogP) is 4.82. The molecule has 1 aromatic rings. The summed E-state index contributed by atoms with van der Waals surface area (Å²) in [4.78, 5) is 0. The summed E-state index contributed by atoms with van der Waals surface area (Å²) < 4.78 is 39.5. The smallest absolute Gasteiger partial charge is 0.314 e. The maximum Gasteiger partial charge on any atom is 0.417 e. The van der Waals surface area contributed by atoms with Gasteiger partial charge in [-0.25, -0.2) is 5.84 Å². The Morgan fingerprint density at radius 1 is 1.23 bits per heavy atom. The number of allylic oxidation sites excluding steroid dienone is 1. The third-order valence-corrected chi connectivity index (χ3v) is 4.26. The van der Waals surface area contributed by atoms with Gasteiger partial charge in [-0.3, -0.25) is 0 Å². The van der Waals surface area contributed by atoms with Crippen LogP contribution in [0.4, 0.5) is 13.2 Å². The van der Waals surface area contributed by atoms with E-state index in [0.29, 0.717) is 11.6 Å². The van der Waals surface area contributed by atoms with E-state index in [1.807, 2.05) is 6.08 Å². The van der Waals surface area contributed by atoms with E-state index in [0.717, 1.165) is 25.3 Å². The average Bonchev–Trinajstić information content (AvgIpc) is 2.47. The van der Waals surface area contributed by atoms with E-state index < -0.39 is 11.7 Å². The molecule has 1 aromatic carbocycles. The van der Waals surface area contributed by atoms with Crippen molar-refractivity contribution in [3.8, 4) is 0 Å². The number of rotatable bonds is 4. The minimum absolute atomic E-state index is 0.149. The summed E-state index contributed by atoms with van der Waals surface area (Å²) in [6.07, 6.45) is 4.26. The number of nitrogens with zero attached hydrogens (tertiary/aromatic N) is 1. The van der Waals surface area contributed by atoms with Crippen LogP contribution in [0.5, 0.6) is 0 Å². The van der Waals surface area contributed by atoms with Gasteiger partial charge in [0.2, 0.25) is 0 Å². The molecule has 0 bridgehead atoms. The van der Waals surface area contributed by atoms with E-state index in [1.165, 1.54) is 36.4 Å². The Balaban J connectivity index is 2.28. The van der Waals surface area contributed by atoms with Gasteiger partial charge in [0, 0.05) is 12.6 Å². The molecular formula is C17H23F3N2. The molecule has 22 heavy (non-hydrogen) atoms. The third kappa shape index (κ3) is 4.26. The molecule has 1 fully saturated rings. The number of alkyl halides is 3. The first-order valence-electron chi connectivity index (χ1n) is 7.74. The van der Waals surface area contributed by atoms with Crippen molar-refractivity contribution in [2.45, 2.75) is 44.7 Å². The number of hydrogen-bond donors (Lipinski definition) is 1. The molecule has 0 radical (unpaired) electrons. The van der Waals surface area contributed by atoms with Gasteiger partial charge >= 0.3 is 6.18 Å². The molecule has 0 aliphatic heterocycles. The second-order valence-corrected chi connectivity index (χ2v) is 5.98. The van der Waals surface area contributed by atoms with Crippen LogP contribution < -0.4 is 5.84 Å². The van der Waals surface area contributed by atoms with Crippen LogP contribution in [-0.2, 0) is 6.18 Å². The van der Waals surface area contributed by atoms with Crippen molar-refractivity contribution in [2.75, 3.05) is 7.05 Å². The largest absolute Gasteiger partial charge is 0.417 e. The molecule has 0 saturated heterocycles. The first kappa shape index (κ1) is 16.9. The number of halogens is 3. The zero-order chi connectivity index (χ0) is 16.2. The van der Waals surface area contributed by atoms with Gasteiger partial charge in [-0.1, -0.05) is 56.4 Å². The lowest BCUT2D eigenvalue weighted by atomic mass is 9.86. The lowest BCUT2D eigenvalue weighted by molar-refractivity contribution is -0.137. The summed E-state index contributed by atoms with van der Waals surface area (Å²) in [6, 6.07) is 5.61. The number of hydrogen-bond acceptors (Lipinski definition) is 2. The van der Waals surface area contributed by atoms with Gasteiger partial charge in [0.15, 0.2) is 0 Å². The van der Waals surface area contributed by atoms with Gasteiger partial charge in [0.25, 0.3) is 0 Å². The topological polar surface area (TPSA) is 29.3 Å². The zero-order valence-corrected chi connectivity index (χ0v) is 12.9. The summed E-state index contributed by atoms with van der Waals surface area (Å²) in [6.45, 7) is 0. The molecule has 1 aliphatic carbocycles. The maximum atomic E-state index is 13.2. The summed E-state index contributed by atoms with van der Waals surface area (Å²) in [7, 11) is 1.58. The molecule has 1 saturated carbocycles. The molecule has 0 spiro atoms. The normalized spacial score (nSPS) is 17.6. The Kier molecular flexibility index (Phi) is 5.51. The van der Waals surface area contributed by atoms with Crippen LogP contribution in [0, 0.1) is 5.92 Å². The molecular weight excluding hydrogens is 289 g/mol. The van der Waals surface area contributed by atoms with E-state index in [1.54, 1.807) is 13.1 Å². The van der Waals surface area contributed by atoms with Crippen molar-refractivity contribution in [3.05, 3.63) is 41.5 Å². The summed E-state index contributed by atoms with van der Waals surface area (Å²) in [5.74, 6) is 6.35. The fourth-order valence-electron chi connectivity index (χ4n) is 3.10. The van der Waals surface area contributed by atoms with E-state index in [-0.39, 0.29) is 5.56 Å². The first-order valence-corrected chi connectivity index (χ1v) is 7.74. The van der Waals surface area contributed by atoms with Gasteiger partial charge in [-0.05, 0) is 18.4 Å². The van der Waals surface area contributed by atoms with Crippen LogP contribution in [0.2, 0.25) is 0 Å². The van der Waals surface area contributed by atoms with E-state index in [4.69, 9.17) is 5.84 Å². The van der Waals surface area contributed by atoms with Gasteiger partial charge in [0.1, 0.15) is 0 Å². The molecule has 2 nitrogen and oxygen atoms in total. The zero-order valence-electron chi connectivity index (χ0n) is 12.9. The molecule has 122 valence electrons. The van der Waals surface area contributed by atoms with Gasteiger partial charge in [0.05, 0.1) is 11.3 Å². The summed E-state index contributed by atoms with van der Waals surface area (Å²) >= 11 is 0. The maximum absolute atomic E-state index is 13.2. The number of hydrazine groups is 1. The second-order valence-electron chi connectivity index (χ2n) is 5.98. The highest BCUT2D eigenvalue weighted by Gasteiger charge is 2.34. The fraction of sp³-hybridized carbons (Fsp3) is 0.529. The van der Waals surface area contributed by atoms with E-state index in [9.17, 15) is 13.2 Å².